The molecule has 0 bridgehead atoms. The van der Waals surface area contributed by atoms with Crippen molar-refractivity contribution in [3.8, 4) is 12.1 Å². The molecule has 0 spiro atoms. The summed E-state index contributed by atoms with van der Waals surface area (Å²) in [6.45, 7) is 0. The minimum absolute atomic E-state index is 0.350. The second kappa shape index (κ2) is 5.30. The Kier molecular flexibility index (Phi) is 3.56. The highest BCUT2D eigenvalue weighted by Crippen LogP contribution is 2.30. The maximum Gasteiger partial charge on any atom is 0.101 e. The number of hydrogen-bond donors (Lipinski definition) is 2. The fourth-order valence-corrected chi connectivity index (χ4v) is 1.77. The Labute approximate surface area is 115 Å². The van der Waals surface area contributed by atoms with E-state index in [0.717, 1.165) is 0 Å². The Morgan fingerprint density at radius 2 is 1.84 bits per heavy atom. The summed E-state index contributed by atoms with van der Waals surface area (Å²) in [6, 6.07) is 14.0. The molecule has 0 aromatic heterocycles. The summed E-state index contributed by atoms with van der Waals surface area (Å²) in [5, 5.41) is 21.3. The monoisotopic (exact) mass is 268 g/mol. The molecule has 0 heterocycles. The Bertz CT molecular complexity index is 710. The standard InChI is InChI=1S/C14H9ClN4/c15-11-5-4-9(7-16)6-13(11)19-12-3-1-2-10(8-17)14(12)18/h1-6,19H,18H2. The minimum atomic E-state index is 0.350. The van der Waals surface area contributed by atoms with Crippen molar-refractivity contribution in [3.05, 3.63) is 52.5 Å². The van der Waals surface area contributed by atoms with Gasteiger partial charge in [-0.25, -0.2) is 0 Å². The van der Waals surface area contributed by atoms with E-state index in [9.17, 15) is 0 Å². The van der Waals surface area contributed by atoms with Crippen LogP contribution in [0, 0.1) is 22.7 Å². The van der Waals surface area contributed by atoms with Crippen LogP contribution in [0.3, 0.4) is 0 Å². The fraction of sp³-hybridized carbons (Fsp3) is 0. The lowest BCUT2D eigenvalue weighted by Gasteiger charge is -2.11. The molecule has 0 saturated heterocycles. The molecule has 2 aromatic carbocycles. The molecule has 92 valence electrons. The molecule has 0 amide bonds. The van der Waals surface area contributed by atoms with Gasteiger partial charge in [-0.3, -0.25) is 0 Å². The number of nitrogen functional groups attached to an aromatic ring is 1. The van der Waals surface area contributed by atoms with Crippen LogP contribution in [0.2, 0.25) is 5.02 Å². The molecular formula is C14H9ClN4. The van der Waals surface area contributed by atoms with Crippen LogP contribution in [0.25, 0.3) is 0 Å². The van der Waals surface area contributed by atoms with Gasteiger partial charge in [-0.05, 0) is 30.3 Å². The topological polar surface area (TPSA) is 85.6 Å². The first-order valence-corrected chi connectivity index (χ1v) is 5.78. The van der Waals surface area contributed by atoms with E-state index in [1.54, 1.807) is 36.4 Å². The highest BCUT2D eigenvalue weighted by Gasteiger charge is 2.07. The van der Waals surface area contributed by atoms with Crippen molar-refractivity contribution in [1.82, 2.24) is 0 Å². The Morgan fingerprint density at radius 1 is 1.05 bits per heavy atom. The highest BCUT2D eigenvalue weighted by molar-refractivity contribution is 6.33. The quantitative estimate of drug-likeness (QED) is 0.817. The molecule has 19 heavy (non-hydrogen) atoms. The number of nitrogens with zero attached hydrogens (tertiary/aromatic N) is 2. The zero-order valence-corrected chi connectivity index (χ0v) is 10.6. The molecule has 3 N–H and O–H groups in total. The summed E-state index contributed by atoms with van der Waals surface area (Å²) in [6.07, 6.45) is 0. The van der Waals surface area contributed by atoms with Crippen molar-refractivity contribution in [1.29, 1.82) is 10.5 Å². The second-order valence-electron chi connectivity index (χ2n) is 3.81. The molecule has 0 fully saturated rings. The second-order valence-corrected chi connectivity index (χ2v) is 4.22. The van der Waals surface area contributed by atoms with Crippen molar-refractivity contribution < 1.29 is 0 Å². The van der Waals surface area contributed by atoms with Gasteiger partial charge in [0.15, 0.2) is 0 Å². The molecule has 0 unspecified atom stereocenters. The van der Waals surface area contributed by atoms with E-state index in [4.69, 9.17) is 27.9 Å². The van der Waals surface area contributed by atoms with Gasteiger partial charge in [0.1, 0.15) is 6.07 Å². The number of nitrogens with two attached hydrogens (primary N) is 1. The van der Waals surface area contributed by atoms with Gasteiger partial charge in [-0.2, -0.15) is 10.5 Å². The minimum Gasteiger partial charge on any atom is -0.396 e. The average molecular weight is 269 g/mol. The Morgan fingerprint density at radius 3 is 2.53 bits per heavy atom. The molecule has 5 heteroatoms. The number of nitrogens with one attached hydrogen (secondary N) is 1. The molecule has 2 rings (SSSR count). The first kappa shape index (κ1) is 12.8. The third-order valence-corrected chi connectivity index (χ3v) is 2.92. The zero-order valence-electron chi connectivity index (χ0n) is 9.81. The Balaban J connectivity index is 2.43. The van der Waals surface area contributed by atoms with E-state index in [-0.39, 0.29) is 0 Å². The van der Waals surface area contributed by atoms with Crippen LogP contribution in [-0.4, -0.2) is 0 Å². The molecule has 4 nitrogen and oxygen atoms in total. The van der Waals surface area contributed by atoms with E-state index >= 15 is 0 Å². The molecular weight excluding hydrogens is 260 g/mol. The van der Waals surface area contributed by atoms with Gasteiger partial charge in [0.25, 0.3) is 0 Å². The predicted octanol–water partition coefficient (Wildman–Crippen LogP) is 3.41. The number of nitriles is 2. The third kappa shape index (κ3) is 2.60. The molecule has 0 aliphatic heterocycles. The lowest BCUT2D eigenvalue weighted by molar-refractivity contribution is 1.46. The first-order chi connectivity index (χ1) is 9.15. The summed E-state index contributed by atoms with van der Waals surface area (Å²) < 4.78 is 0. The highest BCUT2D eigenvalue weighted by atomic mass is 35.5. The van der Waals surface area contributed by atoms with Crippen molar-refractivity contribution in [2.45, 2.75) is 0 Å². The molecule has 0 aliphatic carbocycles. The maximum atomic E-state index is 8.92. The average Bonchev–Trinajstić information content (AvgIpc) is 2.43. The van der Waals surface area contributed by atoms with Crippen molar-refractivity contribution in [2.75, 3.05) is 11.1 Å². The van der Waals surface area contributed by atoms with Crippen LogP contribution in [0.1, 0.15) is 11.1 Å². The van der Waals surface area contributed by atoms with Crippen LogP contribution < -0.4 is 11.1 Å². The van der Waals surface area contributed by atoms with Crippen molar-refractivity contribution in [3.63, 3.8) is 0 Å². The van der Waals surface area contributed by atoms with E-state index < -0.39 is 0 Å². The van der Waals surface area contributed by atoms with Crippen LogP contribution in [0.5, 0.6) is 0 Å². The van der Waals surface area contributed by atoms with Gasteiger partial charge < -0.3 is 11.1 Å². The van der Waals surface area contributed by atoms with Crippen molar-refractivity contribution in [2.24, 2.45) is 0 Å². The number of rotatable bonds is 2. The molecule has 0 aliphatic rings. The van der Waals surface area contributed by atoms with Crippen LogP contribution in [0.4, 0.5) is 17.1 Å². The van der Waals surface area contributed by atoms with Crippen LogP contribution >= 0.6 is 11.6 Å². The fourth-order valence-electron chi connectivity index (χ4n) is 1.61. The van der Waals surface area contributed by atoms with E-state index in [1.807, 2.05) is 12.1 Å². The normalized spacial score (nSPS) is 9.42. The number of benzene rings is 2. The SMILES string of the molecule is N#Cc1ccc(Cl)c(Nc2cccc(C#N)c2N)c1. The number of hydrogen-bond acceptors (Lipinski definition) is 4. The lowest BCUT2D eigenvalue weighted by atomic mass is 10.1. The third-order valence-electron chi connectivity index (χ3n) is 2.59. The maximum absolute atomic E-state index is 8.92. The molecule has 2 aromatic rings. The summed E-state index contributed by atoms with van der Waals surface area (Å²) in [7, 11) is 0. The van der Waals surface area contributed by atoms with Gasteiger partial charge in [-0.15, -0.1) is 0 Å². The molecule has 0 radical (unpaired) electrons. The molecule has 0 saturated carbocycles. The van der Waals surface area contributed by atoms with E-state index in [1.165, 1.54) is 0 Å². The zero-order chi connectivity index (χ0) is 13.8. The van der Waals surface area contributed by atoms with Crippen LogP contribution in [0.15, 0.2) is 36.4 Å². The van der Waals surface area contributed by atoms with E-state index in [2.05, 4.69) is 5.32 Å². The smallest absolute Gasteiger partial charge is 0.101 e. The van der Waals surface area contributed by atoms with E-state index in [0.29, 0.717) is 33.2 Å². The number of anilines is 3. The first-order valence-electron chi connectivity index (χ1n) is 5.41. The summed E-state index contributed by atoms with van der Waals surface area (Å²) in [4.78, 5) is 0. The number of halogens is 1. The predicted molar refractivity (Wildman–Crippen MR) is 75.0 cm³/mol. The largest absolute Gasteiger partial charge is 0.396 e. The van der Waals surface area contributed by atoms with Gasteiger partial charge in [0.2, 0.25) is 0 Å². The molecule has 0 atom stereocenters. The lowest BCUT2D eigenvalue weighted by Crippen LogP contribution is -1.99. The summed E-state index contributed by atoms with van der Waals surface area (Å²) in [5.74, 6) is 0. The van der Waals surface area contributed by atoms with Crippen molar-refractivity contribution >= 4 is 28.7 Å². The number of para-hydroxylation sites is 1. The van der Waals surface area contributed by atoms with Gasteiger partial charge in [0.05, 0.1) is 39.3 Å². The van der Waals surface area contributed by atoms with Gasteiger partial charge in [0, 0.05) is 0 Å². The van der Waals surface area contributed by atoms with Crippen LogP contribution in [-0.2, 0) is 0 Å². The van der Waals surface area contributed by atoms with Gasteiger partial charge >= 0.3 is 0 Å². The van der Waals surface area contributed by atoms with Gasteiger partial charge in [-0.1, -0.05) is 17.7 Å². The Hall–Kier alpha value is -2.69. The summed E-state index contributed by atoms with van der Waals surface area (Å²) >= 11 is 6.05. The summed E-state index contributed by atoms with van der Waals surface area (Å²) in [5.41, 5.74) is 8.25.